The van der Waals surface area contributed by atoms with Crippen LogP contribution < -0.4 is 10.6 Å². The number of hydrogen-bond donors (Lipinski definition) is 2. The summed E-state index contributed by atoms with van der Waals surface area (Å²) in [7, 11) is 0. The van der Waals surface area contributed by atoms with Gasteiger partial charge in [0.25, 0.3) is 0 Å². The fourth-order valence-electron chi connectivity index (χ4n) is 3.27. The Labute approximate surface area is 160 Å². The maximum Gasteiger partial charge on any atom is 0.191 e. The fourth-order valence-corrected chi connectivity index (χ4v) is 3.27. The maximum atomic E-state index is 4.76. The van der Waals surface area contributed by atoms with Gasteiger partial charge in [0.15, 0.2) is 5.96 Å². The van der Waals surface area contributed by atoms with Crippen LogP contribution in [0, 0.1) is 11.8 Å². The van der Waals surface area contributed by atoms with Crippen LogP contribution in [0.3, 0.4) is 0 Å². The number of rotatable bonds is 8. The van der Waals surface area contributed by atoms with Crippen LogP contribution in [0.5, 0.6) is 0 Å². The van der Waals surface area contributed by atoms with Crippen LogP contribution in [0.25, 0.3) is 0 Å². The number of piperidine rings is 1. The van der Waals surface area contributed by atoms with Gasteiger partial charge in [-0.2, -0.15) is 0 Å². The molecule has 2 N–H and O–H groups in total. The van der Waals surface area contributed by atoms with Gasteiger partial charge in [0.1, 0.15) is 0 Å². The first-order valence-corrected chi connectivity index (χ1v) is 9.44. The van der Waals surface area contributed by atoms with Gasteiger partial charge >= 0.3 is 0 Å². The van der Waals surface area contributed by atoms with E-state index in [4.69, 9.17) is 4.99 Å². The van der Waals surface area contributed by atoms with E-state index in [1.165, 1.54) is 58.2 Å². The molecule has 0 amide bonds. The molecule has 5 heteroatoms. The van der Waals surface area contributed by atoms with Gasteiger partial charge in [0.05, 0.1) is 0 Å². The Balaban J connectivity index is 0.00000264. The lowest BCUT2D eigenvalue weighted by molar-refractivity contribution is 0.187. The van der Waals surface area contributed by atoms with Crippen LogP contribution in [0.1, 0.15) is 59.3 Å². The molecular formula is C18H37IN4. The molecule has 2 aliphatic rings. The summed E-state index contributed by atoms with van der Waals surface area (Å²) < 4.78 is 0. The van der Waals surface area contributed by atoms with E-state index in [0.29, 0.717) is 6.04 Å². The van der Waals surface area contributed by atoms with Crippen molar-refractivity contribution in [1.82, 2.24) is 15.5 Å². The SMILES string of the molecule is CCNC(=NCCCC1CC1)NC1CCN(CC(C)C)CC1.I. The Morgan fingerprint density at radius 3 is 2.43 bits per heavy atom. The van der Waals surface area contributed by atoms with Gasteiger partial charge < -0.3 is 15.5 Å². The van der Waals surface area contributed by atoms with Crippen molar-refractivity contribution in [2.75, 3.05) is 32.7 Å². The minimum Gasteiger partial charge on any atom is -0.357 e. The van der Waals surface area contributed by atoms with E-state index in [9.17, 15) is 0 Å². The Kier molecular flexibility index (Phi) is 10.5. The lowest BCUT2D eigenvalue weighted by Crippen LogP contribution is -2.49. The molecule has 136 valence electrons. The topological polar surface area (TPSA) is 39.7 Å². The van der Waals surface area contributed by atoms with Gasteiger partial charge in [-0.15, -0.1) is 24.0 Å². The summed E-state index contributed by atoms with van der Waals surface area (Å²) in [5, 5.41) is 7.05. The van der Waals surface area contributed by atoms with Crippen LogP contribution in [0.2, 0.25) is 0 Å². The van der Waals surface area contributed by atoms with Gasteiger partial charge in [-0.3, -0.25) is 4.99 Å². The number of nitrogens with one attached hydrogen (secondary N) is 2. The molecule has 1 aliphatic heterocycles. The highest BCUT2D eigenvalue weighted by Gasteiger charge is 2.21. The molecular weight excluding hydrogens is 399 g/mol. The molecule has 1 heterocycles. The summed E-state index contributed by atoms with van der Waals surface area (Å²) >= 11 is 0. The number of nitrogens with zero attached hydrogens (tertiary/aromatic N) is 2. The van der Waals surface area contributed by atoms with Gasteiger partial charge in [0, 0.05) is 38.8 Å². The van der Waals surface area contributed by atoms with Crippen molar-refractivity contribution in [2.24, 2.45) is 16.8 Å². The second kappa shape index (κ2) is 11.5. The van der Waals surface area contributed by atoms with Crippen molar-refractivity contribution in [3.8, 4) is 0 Å². The molecule has 0 spiro atoms. The van der Waals surface area contributed by atoms with Crippen molar-refractivity contribution in [2.45, 2.75) is 65.3 Å². The molecule has 4 nitrogen and oxygen atoms in total. The smallest absolute Gasteiger partial charge is 0.191 e. The molecule has 1 saturated carbocycles. The highest BCUT2D eigenvalue weighted by Crippen LogP contribution is 2.33. The molecule has 1 aliphatic carbocycles. The molecule has 0 unspecified atom stereocenters. The first kappa shape index (κ1) is 21.0. The molecule has 0 aromatic heterocycles. The van der Waals surface area contributed by atoms with Crippen LogP contribution in [0.15, 0.2) is 4.99 Å². The summed E-state index contributed by atoms with van der Waals surface area (Å²) in [6, 6.07) is 0.588. The van der Waals surface area contributed by atoms with E-state index in [2.05, 4.69) is 36.3 Å². The van der Waals surface area contributed by atoms with E-state index in [0.717, 1.165) is 30.9 Å². The summed E-state index contributed by atoms with van der Waals surface area (Å²) in [5.41, 5.74) is 0. The van der Waals surface area contributed by atoms with Gasteiger partial charge in [-0.25, -0.2) is 0 Å². The van der Waals surface area contributed by atoms with Crippen molar-refractivity contribution in [1.29, 1.82) is 0 Å². The van der Waals surface area contributed by atoms with Crippen LogP contribution in [0.4, 0.5) is 0 Å². The average molecular weight is 436 g/mol. The lowest BCUT2D eigenvalue weighted by Gasteiger charge is -2.34. The molecule has 2 rings (SSSR count). The largest absolute Gasteiger partial charge is 0.357 e. The summed E-state index contributed by atoms with van der Waals surface area (Å²) in [5.74, 6) is 2.83. The number of likely N-dealkylation sites (tertiary alicyclic amines) is 1. The van der Waals surface area contributed by atoms with Gasteiger partial charge in [0.2, 0.25) is 0 Å². The third-order valence-corrected chi connectivity index (χ3v) is 4.63. The Hall–Kier alpha value is -0.0400. The average Bonchev–Trinajstić information content (AvgIpc) is 3.29. The lowest BCUT2D eigenvalue weighted by atomic mass is 10.0. The van der Waals surface area contributed by atoms with Crippen molar-refractivity contribution < 1.29 is 0 Å². The Bertz CT molecular complexity index is 334. The predicted octanol–water partition coefficient (Wildman–Crippen LogP) is 3.47. The normalized spacial score (nSPS) is 20.4. The third kappa shape index (κ3) is 9.13. The second-order valence-corrected chi connectivity index (χ2v) is 7.46. The first-order valence-electron chi connectivity index (χ1n) is 9.44. The molecule has 0 aromatic rings. The highest BCUT2D eigenvalue weighted by molar-refractivity contribution is 14.0. The van der Waals surface area contributed by atoms with Crippen molar-refractivity contribution >= 4 is 29.9 Å². The molecule has 2 fully saturated rings. The molecule has 1 saturated heterocycles. The monoisotopic (exact) mass is 436 g/mol. The summed E-state index contributed by atoms with van der Waals surface area (Å²) in [6.45, 7) is 12.4. The Morgan fingerprint density at radius 2 is 1.87 bits per heavy atom. The van der Waals surface area contributed by atoms with Crippen LogP contribution in [-0.2, 0) is 0 Å². The van der Waals surface area contributed by atoms with Gasteiger partial charge in [-0.1, -0.05) is 26.7 Å². The molecule has 0 aromatic carbocycles. The fraction of sp³-hybridized carbons (Fsp3) is 0.944. The maximum absolute atomic E-state index is 4.76. The quantitative estimate of drug-likeness (QED) is 0.265. The summed E-state index contributed by atoms with van der Waals surface area (Å²) in [6.07, 6.45) is 8.00. The number of guanidine groups is 1. The van der Waals surface area contributed by atoms with E-state index in [-0.39, 0.29) is 24.0 Å². The number of halogens is 1. The predicted molar refractivity (Wildman–Crippen MR) is 111 cm³/mol. The second-order valence-electron chi connectivity index (χ2n) is 7.46. The van der Waals surface area contributed by atoms with Crippen molar-refractivity contribution in [3.05, 3.63) is 0 Å². The Morgan fingerprint density at radius 1 is 1.17 bits per heavy atom. The highest BCUT2D eigenvalue weighted by atomic mass is 127. The minimum atomic E-state index is 0. The molecule has 0 atom stereocenters. The zero-order chi connectivity index (χ0) is 15.8. The zero-order valence-electron chi connectivity index (χ0n) is 15.3. The van der Waals surface area contributed by atoms with Crippen molar-refractivity contribution in [3.63, 3.8) is 0 Å². The van der Waals surface area contributed by atoms with Crippen LogP contribution >= 0.6 is 24.0 Å². The summed E-state index contributed by atoms with van der Waals surface area (Å²) in [4.78, 5) is 7.36. The number of hydrogen-bond acceptors (Lipinski definition) is 2. The third-order valence-electron chi connectivity index (χ3n) is 4.63. The zero-order valence-corrected chi connectivity index (χ0v) is 17.6. The molecule has 0 radical (unpaired) electrons. The van der Waals surface area contributed by atoms with Gasteiger partial charge in [-0.05, 0) is 44.4 Å². The van der Waals surface area contributed by atoms with E-state index < -0.39 is 0 Å². The molecule has 0 bridgehead atoms. The molecule has 23 heavy (non-hydrogen) atoms. The standard InChI is InChI=1S/C18H36N4.HI/c1-4-19-18(20-11-5-6-16-7-8-16)21-17-9-12-22(13-10-17)14-15(2)3;/h15-17H,4-14H2,1-3H3,(H2,19,20,21);1H. The van der Waals surface area contributed by atoms with E-state index in [1.807, 2.05) is 0 Å². The minimum absolute atomic E-state index is 0. The van der Waals surface area contributed by atoms with E-state index >= 15 is 0 Å². The van der Waals surface area contributed by atoms with E-state index in [1.54, 1.807) is 0 Å². The first-order chi connectivity index (χ1) is 10.7. The number of aliphatic imine (C=N–C) groups is 1. The van der Waals surface area contributed by atoms with Crippen LogP contribution in [-0.4, -0.2) is 49.6 Å².